The number of aromatic nitrogens is 1. The third kappa shape index (κ3) is 9.20. The van der Waals surface area contributed by atoms with Crippen LogP contribution in [0.5, 0.6) is 17.4 Å². The number of nitrogens with two attached hydrogens (primary N) is 1. The molecule has 0 saturated heterocycles. The summed E-state index contributed by atoms with van der Waals surface area (Å²) in [6.07, 6.45) is -3.63. The van der Waals surface area contributed by atoms with Gasteiger partial charge in [0.25, 0.3) is 11.8 Å². The first-order valence-electron chi connectivity index (χ1n) is 11.7. The maximum Gasteiger partial charge on any atom is 0.490 e. The van der Waals surface area contributed by atoms with Crippen LogP contribution in [0.2, 0.25) is 0 Å². The first-order valence-corrected chi connectivity index (χ1v) is 11.7. The van der Waals surface area contributed by atoms with Crippen molar-refractivity contribution in [3.63, 3.8) is 0 Å². The molecule has 0 radical (unpaired) electrons. The third-order valence-electron chi connectivity index (χ3n) is 5.33. The van der Waals surface area contributed by atoms with Crippen LogP contribution in [-0.4, -0.2) is 61.2 Å². The van der Waals surface area contributed by atoms with Crippen LogP contribution in [0.1, 0.15) is 27.5 Å². The average Bonchev–Trinajstić information content (AvgIpc) is 2.98. The van der Waals surface area contributed by atoms with Gasteiger partial charge in [0.05, 0.1) is 21.3 Å². The standard InChI is InChI=1S/C24H25FN6O5.C2HF3O2/c1-34-18-11-16(17(25)12-19(18)35-2)20(29-14-8-6-13(7-9-14)21(26)27)23(33)31-30-22(32)15-5-4-10-28-24(15)36-3;3-2(4,5)1(6)7/h4-12,20,29H,1-3H3,(H3,26,27)(H,30,32)(H,31,33);(H,6,7). The van der Waals surface area contributed by atoms with E-state index in [-0.39, 0.29) is 34.3 Å². The van der Waals surface area contributed by atoms with E-state index in [1.54, 1.807) is 24.3 Å². The summed E-state index contributed by atoms with van der Waals surface area (Å²) in [5.74, 6) is -4.71. The number of carboxylic acids is 1. The number of aliphatic carboxylic acids is 1. The van der Waals surface area contributed by atoms with Crippen molar-refractivity contribution >= 4 is 29.3 Å². The van der Waals surface area contributed by atoms with Gasteiger partial charge in [-0.25, -0.2) is 14.2 Å². The van der Waals surface area contributed by atoms with Gasteiger partial charge < -0.3 is 30.4 Å². The Hall–Kier alpha value is -5.61. The van der Waals surface area contributed by atoms with E-state index in [9.17, 15) is 22.8 Å². The second-order valence-electron chi connectivity index (χ2n) is 8.10. The number of halogens is 4. The highest BCUT2D eigenvalue weighted by Crippen LogP contribution is 2.34. The molecule has 1 heterocycles. The molecule has 1 atom stereocenters. The predicted molar refractivity (Wildman–Crippen MR) is 143 cm³/mol. The van der Waals surface area contributed by atoms with Gasteiger partial charge in [0.2, 0.25) is 5.88 Å². The van der Waals surface area contributed by atoms with E-state index in [0.29, 0.717) is 11.3 Å². The van der Waals surface area contributed by atoms with Gasteiger partial charge in [0, 0.05) is 29.1 Å². The number of amides is 2. The number of alkyl halides is 3. The van der Waals surface area contributed by atoms with Crippen LogP contribution in [0.15, 0.2) is 54.7 Å². The van der Waals surface area contributed by atoms with Gasteiger partial charge in [-0.1, -0.05) is 0 Å². The number of methoxy groups -OCH3 is 3. The van der Waals surface area contributed by atoms with Gasteiger partial charge in [-0.05, 0) is 42.5 Å². The van der Waals surface area contributed by atoms with E-state index in [2.05, 4.69) is 21.2 Å². The number of hydrogen-bond acceptors (Lipinski definition) is 9. The minimum Gasteiger partial charge on any atom is -0.493 e. The molecular formula is C26H26F4N6O7. The number of hydrazine groups is 1. The molecule has 0 spiro atoms. The number of hydrogen-bond donors (Lipinski definition) is 6. The van der Waals surface area contributed by atoms with Gasteiger partial charge in [0.1, 0.15) is 23.3 Å². The van der Waals surface area contributed by atoms with Gasteiger partial charge in [-0.2, -0.15) is 13.2 Å². The number of nitrogens with one attached hydrogen (secondary N) is 4. The number of amidine groups is 1. The van der Waals surface area contributed by atoms with Gasteiger partial charge >= 0.3 is 12.1 Å². The van der Waals surface area contributed by atoms with E-state index >= 15 is 4.39 Å². The largest absolute Gasteiger partial charge is 0.493 e. The molecule has 2 aromatic carbocycles. The van der Waals surface area contributed by atoms with Crippen molar-refractivity contribution < 1.29 is 51.3 Å². The molecule has 1 aromatic heterocycles. The lowest BCUT2D eigenvalue weighted by atomic mass is 10.0. The van der Waals surface area contributed by atoms with Crippen molar-refractivity contribution in [1.29, 1.82) is 5.41 Å². The molecule has 0 aliphatic carbocycles. The lowest BCUT2D eigenvalue weighted by Gasteiger charge is -2.22. The van der Waals surface area contributed by atoms with Gasteiger partial charge in [-0.3, -0.25) is 25.8 Å². The maximum atomic E-state index is 15.1. The fourth-order valence-corrected chi connectivity index (χ4v) is 3.27. The van der Waals surface area contributed by atoms with Crippen molar-refractivity contribution in [2.75, 3.05) is 26.6 Å². The smallest absolute Gasteiger partial charge is 0.490 e. The van der Waals surface area contributed by atoms with Crippen molar-refractivity contribution in [2.24, 2.45) is 5.73 Å². The molecule has 0 aliphatic heterocycles. The summed E-state index contributed by atoms with van der Waals surface area (Å²) in [6.45, 7) is 0. The van der Waals surface area contributed by atoms with E-state index in [4.69, 9.17) is 35.3 Å². The van der Waals surface area contributed by atoms with E-state index in [0.717, 1.165) is 6.07 Å². The summed E-state index contributed by atoms with van der Waals surface area (Å²) in [7, 11) is 4.09. The molecule has 0 aliphatic rings. The van der Waals surface area contributed by atoms with Crippen LogP contribution in [-0.2, 0) is 9.59 Å². The topological polar surface area (TPSA) is 198 Å². The normalized spacial score (nSPS) is 11.1. The average molecular weight is 611 g/mol. The molecule has 17 heteroatoms. The number of pyridine rings is 1. The molecule has 3 aromatic rings. The monoisotopic (exact) mass is 610 g/mol. The number of carboxylic acid groups (broad SMARTS) is 1. The lowest BCUT2D eigenvalue weighted by molar-refractivity contribution is -0.192. The number of benzene rings is 2. The third-order valence-corrected chi connectivity index (χ3v) is 5.33. The Kier molecular flexibility index (Phi) is 11.6. The molecule has 0 bridgehead atoms. The highest BCUT2D eigenvalue weighted by Gasteiger charge is 2.38. The van der Waals surface area contributed by atoms with Crippen LogP contribution in [0.25, 0.3) is 0 Å². The Balaban J connectivity index is 0.000000821. The molecule has 1 unspecified atom stereocenters. The van der Waals surface area contributed by atoms with Crippen molar-refractivity contribution in [3.05, 3.63) is 77.2 Å². The molecular weight excluding hydrogens is 584 g/mol. The molecule has 0 fully saturated rings. The second kappa shape index (κ2) is 14.9. The highest BCUT2D eigenvalue weighted by atomic mass is 19.4. The first-order chi connectivity index (χ1) is 20.2. The minimum atomic E-state index is -5.08. The van der Waals surface area contributed by atoms with E-state index in [1.165, 1.54) is 45.7 Å². The fraction of sp³-hybridized carbons (Fsp3) is 0.192. The number of carbonyl (C=O) groups is 3. The Labute approximate surface area is 241 Å². The summed E-state index contributed by atoms with van der Waals surface area (Å²) in [6, 6.07) is 10.4. The molecule has 230 valence electrons. The number of ether oxygens (including phenoxy) is 3. The Morgan fingerprint density at radius 2 is 1.56 bits per heavy atom. The summed E-state index contributed by atoms with van der Waals surface area (Å²) in [4.78, 5) is 38.6. The maximum absolute atomic E-state index is 15.1. The number of rotatable bonds is 9. The summed E-state index contributed by atoms with van der Waals surface area (Å²) in [5, 5.41) is 17.6. The van der Waals surface area contributed by atoms with Crippen molar-refractivity contribution in [3.8, 4) is 17.4 Å². The second-order valence-corrected chi connectivity index (χ2v) is 8.10. The lowest BCUT2D eigenvalue weighted by Crippen LogP contribution is -2.45. The Morgan fingerprint density at radius 1 is 0.977 bits per heavy atom. The minimum absolute atomic E-state index is 0.0652. The van der Waals surface area contributed by atoms with Gasteiger partial charge in [-0.15, -0.1) is 0 Å². The number of anilines is 1. The summed E-state index contributed by atoms with van der Waals surface area (Å²) < 4.78 is 62.3. The number of nitrogens with zero attached hydrogens (tertiary/aromatic N) is 1. The Bertz CT molecular complexity index is 1470. The van der Waals surface area contributed by atoms with Crippen LogP contribution < -0.4 is 36.1 Å². The van der Waals surface area contributed by atoms with Crippen LogP contribution in [0.3, 0.4) is 0 Å². The highest BCUT2D eigenvalue weighted by molar-refractivity contribution is 5.98. The number of carbonyl (C=O) groups excluding carboxylic acids is 2. The summed E-state index contributed by atoms with van der Waals surface area (Å²) in [5.41, 5.74) is 11.0. The fourth-order valence-electron chi connectivity index (χ4n) is 3.27. The van der Waals surface area contributed by atoms with Crippen LogP contribution in [0.4, 0.5) is 23.2 Å². The van der Waals surface area contributed by atoms with Crippen molar-refractivity contribution in [2.45, 2.75) is 12.2 Å². The van der Waals surface area contributed by atoms with Crippen molar-refractivity contribution in [1.82, 2.24) is 15.8 Å². The molecule has 13 nitrogen and oxygen atoms in total. The molecule has 7 N–H and O–H groups in total. The zero-order valence-corrected chi connectivity index (χ0v) is 22.7. The first kappa shape index (κ1) is 33.6. The van der Waals surface area contributed by atoms with Crippen LogP contribution in [0, 0.1) is 11.2 Å². The van der Waals surface area contributed by atoms with E-state index < -0.39 is 35.8 Å². The number of nitrogen functional groups attached to an aromatic ring is 1. The predicted octanol–water partition coefficient (Wildman–Crippen LogP) is 2.78. The summed E-state index contributed by atoms with van der Waals surface area (Å²) >= 11 is 0. The van der Waals surface area contributed by atoms with Gasteiger partial charge in [0.15, 0.2) is 11.5 Å². The molecule has 43 heavy (non-hydrogen) atoms. The Morgan fingerprint density at radius 3 is 2.07 bits per heavy atom. The van der Waals surface area contributed by atoms with E-state index in [1.807, 2.05) is 0 Å². The molecule has 2 amide bonds. The molecule has 0 saturated carbocycles. The zero-order chi connectivity index (χ0) is 32.3. The SMILES string of the molecule is COc1cc(F)c(C(Nc2ccc(C(=N)N)cc2)C(=O)NNC(=O)c2cccnc2OC)cc1OC.O=C(O)C(F)(F)F. The van der Waals surface area contributed by atoms with Crippen LogP contribution >= 0.6 is 0 Å². The quantitative estimate of drug-likeness (QED) is 0.0907. The molecule has 3 rings (SSSR count). The zero-order valence-electron chi connectivity index (χ0n) is 22.7.